The van der Waals surface area contributed by atoms with Gasteiger partial charge < -0.3 is 10.6 Å². The Morgan fingerprint density at radius 1 is 1.29 bits per heavy atom. The second-order valence-electron chi connectivity index (χ2n) is 3.38. The van der Waals surface area contributed by atoms with Gasteiger partial charge in [-0.3, -0.25) is 5.41 Å². The fourth-order valence-electron chi connectivity index (χ4n) is 1.54. The molecule has 1 aromatic rings. The van der Waals surface area contributed by atoms with Gasteiger partial charge in [0.25, 0.3) is 0 Å². The molecule has 14 heavy (non-hydrogen) atoms. The third kappa shape index (κ3) is 1.66. The average molecular weight is 191 g/mol. The molecule has 3 N–H and O–H groups in total. The lowest BCUT2D eigenvalue weighted by Gasteiger charge is -2.14. The highest BCUT2D eigenvalue weighted by Gasteiger charge is 2.14. The van der Waals surface area contributed by atoms with Crippen molar-refractivity contribution < 1.29 is 0 Å². The lowest BCUT2D eigenvalue weighted by molar-refractivity contribution is 0.897. The van der Waals surface area contributed by atoms with Crippen molar-refractivity contribution in [2.24, 2.45) is 5.73 Å². The maximum atomic E-state index is 7.20. The van der Waals surface area contributed by atoms with Crippen molar-refractivity contribution in [1.29, 1.82) is 5.41 Å². The maximum absolute atomic E-state index is 7.20. The first-order valence-electron chi connectivity index (χ1n) is 4.69. The van der Waals surface area contributed by atoms with E-state index in [1.807, 2.05) is 0 Å². The molecule has 0 radical (unpaired) electrons. The highest BCUT2D eigenvalue weighted by molar-refractivity contribution is 5.94. The van der Waals surface area contributed by atoms with Crippen molar-refractivity contribution in [2.75, 3.05) is 18.0 Å². The van der Waals surface area contributed by atoms with E-state index in [1.54, 1.807) is 12.4 Å². The molecule has 2 rings (SSSR count). The zero-order chi connectivity index (χ0) is 9.97. The Kier molecular flexibility index (Phi) is 2.30. The summed E-state index contributed by atoms with van der Waals surface area (Å²) in [6.45, 7) is 2.05. The molecule has 0 unspecified atom stereocenters. The Morgan fingerprint density at radius 2 is 1.86 bits per heavy atom. The van der Waals surface area contributed by atoms with Gasteiger partial charge in [0.05, 0.1) is 5.56 Å². The first-order chi connectivity index (χ1) is 6.77. The van der Waals surface area contributed by atoms with E-state index in [1.165, 1.54) is 12.8 Å². The van der Waals surface area contributed by atoms with Gasteiger partial charge in [0, 0.05) is 25.5 Å². The minimum Gasteiger partial charge on any atom is -0.384 e. The lowest BCUT2D eigenvalue weighted by Crippen LogP contribution is -2.21. The predicted octanol–water partition coefficient (Wildman–Crippen LogP) is 0.361. The number of nitrogen functional groups attached to an aromatic ring is 1. The monoisotopic (exact) mass is 191 g/mol. The van der Waals surface area contributed by atoms with Crippen LogP contribution in [0.3, 0.4) is 0 Å². The van der Waals surface area contributed by atoms with Crippen LogP contribution in [-0.4, -0.2) is 28.9 Å². The molecule has 2 heterocycles. The van der Waals surface area contributed by atoms with Gasteiger partial charge in [0.2, 0.25) is 5.95 Å². The van der Waals surface area contributed by atoms with Crippen molar-refractivity contribution in [2.45, 2.75) is 12.8 Å². The summed E-state index contributed by atoms with van der Waals surface area (Å²) in [7, 11) is 0. The molecule has 5 heteroatoms. The van der Waals surface area contributed by atoms with Crippen LogP contribution in [0.5, 0.6) is 0 Å². The summed E-state index contributed by atoms with van der Waals surface area (Å²) < 4.78 is 0. The van der Waals surface area contributed by atoms with Crippen LogP contribution >= 0.6 is 0 Å². The molecule has 5 nitrogen and oxygen atoms in total. The molecule has 0 saturated carbocycles. The van der Waals surface area contributed by atoms with Gasteiger partial charge in [-0.2, -0.15) is 0 Å². The summed E-state index contributed by atoms with van der Waals surface area (Å²) >= 11 is 0. The van der Waals surface area contributed by atoms with E-state index in [4.69, 9.17) is 11.1 Å². The fourth-order valence-corrected chi connectivity index (χ4v) is 1.54. The summed E-state index contributed by atoms with van der Waals surface area (Å²) in [4.78, 5) is 10.5. The molecule has 0 atom stereocenters. The van der Waals surface area contributed by atoms with Crippen molar-refractivity contribution >= 4 is 11.8 Å². The molecular weight excluding hydrogens is 178 g/mol. The van der Waals surface area contributed by atoms with E-state index >= 15 is 0 Å². The number of hydrogen-bond acceptors (Lipinski definition) is 4. The Balaban J connectivity index is 2.16. The van der Waals surface area contributed by atoms with Gasteiger partial charge in [0.1, 0.15) is 5.84 Å². The summed E-state index contributed by atoms with van der Waals surface area (Å²) in [6.07, 6.45) is 5.61. The number of amidine groups is 1. The Hall–Kier alpha value is -1.65. The summed E-state index contributed by atoms with van der Waals surface area (Å²) in [6, 6.07) is 0. The van der Waals surface area contributed by atoms with E-state index in [0.29, 0.717) is 5.56 Å². The molecule has 74 valence electrons. The standard InChI is InChI=1S/C9H13N5/c10-8(11)7-5-12-9(13-6-7)14-3-1-2-4-14/h5-6H,1-4H2,(H3,10,11). The minimum absolute atomic E-state index is 0.0120. The molecule has 0 amide bonds. The van der Waals surface area contributed by atoms with E-state index in [2.05, 4.69) is 14.9 Å². The summed E-state index contributed by atoms with van der Waals surface area (Å²) in [5.41, 5.74) is 5.88. The Bertz CT molecular complexity index is 326. The van der Waals surface area contributed by atoms with Gasteiger partial charge in [-0.05, 0) is 12.8 Å². The molecule has 0 aromatic carbocycles. The number of anilines is 1. The van der Waals surface area contributed by atoms with Gasteiger partial charge in [-0.1, -0.05) is 0 Å². The molecular formula is C9H13N5. The van der Waals surface area contributed by atoms with E-state index in [9.17, 15) is 0 Å². The molecule has 1 aliphatic heterocycles. The van der Waals surface area contributed by atoms with Gasteiger partial charge >= 0.3 is 0 Å². The van der Waals surface area contributed by atoms with Gasteiger partial charge in [0.15, 0.2) is 0 Å². The smallest absolute Gasteiger partial charge is 0.225 e. The second kappa shape index (κ2) is 3.61. The first kappa shape index (κ1) is 8.93. The van der Waals surface area contributed by atoms with Crippen LogP contribution < -0.4 is 10.6 Å². The largest absolute Gasteiger partial charge is 0.384 e. The molecule has 1 aliphatic rings. The van der Waals surface area contributed by atoms with Crippen molar-refractivity contribution in [1.82, 2.24) is 9.97 Å². The Labute approximate surface area is 82.5 Å². The average Bonchev–Trinajstić information content (AvgIpc) is 2.71. The highest BCUT2D eigenvalue weighted by Crippen LogP contribution is 2.14. The summed E-state index contributed by atoms with van der Waals surface area (Å²) in [5, 5.41) is 7.20. The lowest BCUT2D eigenvalue weighted by atomic mass is 10.3. The quantitative estimate of drug-likeness (QED) is 0.522. The maximum Gasteiger partial charge on any atom is 0.225 e. The van der Waals surface area contributed by atoms with Crippen LogP contribution in [0.4, 0.5) is 5.95 Å². The number of nitrogens with one attached hydrogen (secondary N) is 1. The summed E-state index contributed by atoms with van der Waals surface area (Å²) in [5.74, 6) is 0.755. The van der Waals surface area contributed by atoms with Gasteiger partial charge in [-0.15, -0.1) is 0 Å². The number of hydrogen-bond donors (Lipinski definition) is 2. The zero-order valence-corrected chi connectivity index (χ0v) is 7.90. The third-order valence-electron chi connectivity index (χ3n) is 2.34. The predicted molar refractivity (Wildman–Crippen MR) is 54.5 cm³/mol. The van der Waals surface area contributed by atoms with Crippen molar-refractivity contribution in [3.63, 3.8) is 0 Å². The number of nitrogens with zero attached hydrogens (tertiary/aromatic N) is 3. The third-order valence-corrected chi connectivity index (χ3v) is 2.34. The number of nitrogens with two attached hydrogens (primary N) is 1. The topological polar surface area (TPSA) is 78.9 Å². The van der Waals surface area contributed by atoms with Crippen LogP contribution in [0.1, 0.15) is 18.4 Å². The van der Waals surface area contributed by atoms with E-state index in [-0.39, 0.29) is 5.84 Å². The van der Waals surface area contributed by atoms with Crippen molar-refractivity contribution in [3.8, 4) is 0 Å². The van der Waals surface area contributed by atoms with Gasteiger partial charge in [-0.25, -0.2) is 9.97 Å². The van der Waals surface area contributed by atoms with Crippen LogP contribution in [0.15, 0.2) is 12.4 Å². The first-order valence-corrected chi connectivity index (χ1v) is 4.69. The Morgan fingerprint density at radius 3 is 2.36 bits per heavy atom. The second-order valence-corrected chi connectivity index (χ2v) is 3.38. The van der Waals surface area contributed by atoms with E-state index in [0.717, 1.165) is 19.0 Å². The molecule has 1 fully saturated rings. The highest BCUT2D eigenvalue weighted by atomic mass is 15.3. The molecule has 0 bridgehead atoms. The fraction of sp³-hybridized carbons (Fsp3) is 0.444. The van der Waals surface area contributed by atoms with E-state index < -0.39 is 0 Å². The van der Waals surface area contributed by atoms with Crippen LogP contribution in [-0.2, 0) is 0 Å². The number of rotatable bonds is 2. The van der Waals surface area contributed by atoms with Crippen LogP contribution in [0.25, 0.3) is 0 Å². The SMILES string of the molecule is N=C(N)c1cnc(N2CCCC2)nc1. The molecule has 1 saturated heterocycles. The zero-order valence-electron chi connectivity index (χ0n) is 7.90. The number of aromatic nitrogens is 2. The normalized spacial score (nSPS) is 15.9. The minimum atomic E-state index is 0.0120. The van der Waals surface area contributed by atoms with Crippen molar-refractivity contribution in [3.05, 3.63) is 18.0 Å². The molecule has 1 aromatic heterocycles. The molecule has 0 spiro atoms. The van der Waals surface area contributed by atoms with Crippen LogP contribution in [0.2, 0.25) is 0 Å². The molecule has 0 aliphatic carbocycles. The van der Waals surface area contributed by atoms with Crippen LogP contribution in [0, 0.1) is 5.41 Å².